The number of hydrogen-bond donors (Lipinski definition) is 0. The van der Waals surface area contributed by atoms with Crippen LogP contribution in [0, 0.1) is 12.8 Å². The fraction of sp³-hybridized carbons (Fsp3) is 0.500. The third-order valence-electron chi connectivity index (χ3n) is 2.53. The SMILES string of the molecule is Cc1ccc(SCC2CCSC2)cc1. The van der Waals surface area contributed by atoms with Crippen LogP contribution in [0.4, 0.5) is 0 Å². The van der Waals surface area contributed by atoms with E-state index in [1.807, 2.05) is 11.8 Å². The minimum Gasteiger partial charge on any atom is -0.162 e. The number of rotatable bonds is 3. The molecule has 1 unspecified atom stereocenters. The first-order valence-corrected chi connectivity index (χ1v) is 7.26. The van der Waals surface area contributed by atoms with E-state index < -0.39 is 0 Å². The summed E-state index contributed by atoms with van der Waals surface area (Å²) < 4.78 is 0. The first-order valence-electron chi connectivity index (χ1n) is 5.12. The van der Waals surface area contributed by atoms with Crippen molar-refractivity contribution in [2.75, 3.05) is 17.3 Å². The summed E-state index contributed by atoms with van der Waals surface area (Å²) in [6.07, 6.45) is 1.42. The largest absolute Gasteiger partial charge is 0.162 e. The van der Waals surface area contributed by atoms with Crippen molar-refractivity contribution in [3.8, 4) is 0 Å². The minimum absolute atomic E-state index is 0.950. The summed E-state index contributed by atoms with van der Waals surface area (Å²) in [5.41, 5.74) is 1.35. The van der Waals surface area contributed by atoms with Gasteiger partial charge < -0.3 is 0 Å². The molecule has 0 bridgehead atoms. The first kappa shape index (κ1) is 10.4. The predicted molar refractivity (Wildman–Crippen MR) is 67.3 cm³/mol. The van der Waals surface area contributed by atoms with Gasteiger partial charge in [-0.15, -0.1) is 11.8 Å². The molecule has 1 heterocycles. The van der Waals surface area contributed by atoms with E-state index in [1.54, 1.807) is 0 Å². The molecule has 0 aromatic heterocycles. The van der Waals surface area contributed by atoms with Gasteiger partial charge in [-0.2, -0.15) is 11.8 Å². The van der Waals surface area contributed by atoms with Crippen molar-refractivity contribution in [2.45, 2.75) is 18.2 Å². The summed E-state index contributed by atoms with van der Waals surface area (Å²) in [5, 5.41) is 0. The van der Waals surface area contributed by atoms with E-state index in [1.165, 1.54) is 34.1 Å². The van der Waals surface area contributed by atoms with E-state index in [0.29, 0.717) is 0 Å². The smallest absolute Gasteiger partial charge is 0.00722 e. The highest BCUT2D eigenvalue weighted by molar-refractivity contribution is 8.00. The maximum absolute atomic E-state index is 2.24. The van der Waals surface area contributed by atoms with Gasteiger partial charge in [-0.25, -0.2) is 0 Å². The van der Waals surface area contributed by atoms with Crippen LogP contribution in [0.3, 0.4) is 0 Å². The summed E-state index contributed by atoms with van der Waals surface area (Å²) in [4.78, 5) is 1.42. The van der Waals surface area contributed by atoms with Crippen LogP contribution in [-0.2, 0) is 0 Å². The van der Waals surface area contributed by atoms with Crippen LogP contribution in [0.1, 0.15) is 12.0 Å². The van der Waals surface area contributed by atoms with E-state index in [2.05, 4.69) is 43.0 Å². The highest BCUT2D eigenvalue weighted by atomic mass is 32.2. The van der Waals surface area contributed by atoms with Crippen LogP contribution in [0.25, 0.3) is 0 Å². The second kappa shape index (κ2) is 5.13. The number of hydrogen-bond acceptors (Lipinski definition) is 2. The molecular weight excluding hydrogens is 208 g/mol. The predicted octanol–water partition coefficient (Wildman–Crippen LogP) is 3.84. The molecule has 0 aliphatic carbocycles. The summed E-state index contributed by atoms with van der Waals surface area (Å²) in [7, 11) is 0. The van der Waals surface area contributed by atoms with E-state index in [0.717, 1.165) is 5.92 Å². The standard InChI is InChI=1S/C12H16S2/c1-10-2-4-12(5-3-10)14-9-11-6-7-13-8-11/h2-5,11H,6-9H2,1H3. The summed E-state index contributed by atoms with van der Waals surface area (Å²) in [6.45, 7) is 2.14. The van der Waals surface area contributed by atoms with Gasteiger partial charge in [-0.05, 0) is 42.9 Å². The van der Waals surface area contributed by atoms with Crippen molar-refractivity contribution in [2.24, 2.45) is 5.92 Å². The minimum atomic E-state index is 0.950. The van der Waals surface area contributed by atoms with Gasteiger partial charge in [0.25, 0.3) is 0 Å². The molecule has 1 atom stereocenters. The van der Waals surface area contributed by atoms with Crippen molar-refractivity contribution in [1.82, 2.24) is 0 Å². The Bertz CT molecular complexity index is 273. The Morgan fingerprint density at radius 2 is 2.14 bits per heavy atom. The molecule has 0 saturated carbocycles. The van der Waals surface area contributed by atoms with Crippen LogP contribution in [0.5, 0.6) is 0 Å². The highest BCUT2D eigenvalue weighted by Crippen LogP contribution is 2.29. The Labute approximate surface area is 94.9 Å². The van der Waals surface area contributed by atoms with Crippen molar-refractivity contribution < 1.29 is 0 Å². The molecule has 1 aromatic rings. The molecule has 0 nitrogen and oxygen atoms in total. The molecule has 0 radical (unpaired) electrons. The van der Waals surface area contributed by atoms with Crippen LogP contribution in [0.2, 0.25) is 0 Å². The normalized spacial score (nSPS) is 21.4. The maximum Gasteiger partial charge on any atom is 0.00722 e. The van der Waals surface area contributed by atoms with Crippen LogP contribution < -0.4 is 0 Å². The highest BCUT2D eigenvalue weighted by Gasteiger charge is 2.15. The summed E-state index contributed by atoms with van der Waals surface area (Å²) >= 11 is 4.12. The van der Waals surface area contributed by atoms with Crippen LogP contribution >= 0.6 is 23.5 Å². The van der Waals surface area contributed by atoms with Gasteiger partial charge in [-0.1, -0.05) is 17.7 Å². The Kier molecular flexibility index (Phi) is 3.82. The molecule has 0 amide bonds. The van der Waals surface area contributed by atoms with Gasteiger partial charge in [0.1, 0.15) is 0 Å². The van der Waals surface area contributed by atoms with Gasteiger partial charge in [-0.3, -0.25) is 0 Å². The van der Waals surface area contributed by atoms with E-state index in [-0.39, 0.29) is 0 Å². The van der Waals surface area contributed by atoms with Crippen molar-refractivity contribution >= 4 is 23.5 Å². The molecule has 2 heteroatoms. The topological polar surface area (TPSA) is 0 Å². The zero-order valence-electron chi connectivity index (χ0n) is 8.53. The zero-order valence-corrected chi connectivity index (χ0v) is 10.2. The van der Waals surface area contributed by atoms with E-state index in [9.17, 15) is 0 Å². The average molecular weight is 224 g/mol. The van der Waals surface area contributed by atoms with Crippen LogP contribution in [-0.4, -0.2) is 17.3 Å². The molecule has 1 fully saturated rings. The Hall–Kier alpha value is -0.0800. The Morgan fingerprint density at radius 3 is 2.79 bits per heavy atom. The molecule has 76 valence electrons. The Morgan fingerprint density at radius 1 is 1.36 bits per heavy atom. The van der Waals surface area contributed by atoms with E-state index >= 15 is 0 Å². The lowest BCUT2D eigenvalue weighted by molar-refractivity contribution is 0.681. The fourth-order valence-corrected chi connectivity index (χ4v) is 4.04. The number of thioether (sulfide) groups is 2. The molecule has 1 aliphatic rings. The monoisotopic (exact) mass is 224 g/mol. The lowest BCUT2D eigenvalue weighted by Gasteiger charge is -2.07. The lowest BCUT2D eigenvalue weighted by atomic mass is 10.2. The zero-order chi connectivity index (χ0) is 9.80. The number of benzene rings is 1. The molecule has 0 N–H and O–H groups in total. The molecule has 0 spiro atoms. The maximum atomic E-state index is 2.24. The van der Waals surface area contributed by atoms with Gasteiger partial charge >= 0.3 is 0 Å². The average Bonchev–Trinajstić information content (AvgIpc) is 2.70. The molecule has 1 saturated heterocycles. The number of aryl methyl sites for hydroxylation is 1. The molecule has 1 aliphatic heterocycles. The molecule has 1 aromatic carbocycles. The van der Waals surface area contributed by atoms with Gasteiger partial charge in [0, 0.05) is 10.6 Å². The third-order valence-corrected chi connectivity index (χ3v) is 5.01. The molecule has 14 heavy (non-hydrogen) atoms. The lowest BCUT2D eigenvalue weighted by Crippen LogP contribution is -2.00. The summed E-state index contributed by atoms with van der Waals surface area (Å²) in [6, 6.07) is 8.88. The molecular formula is C12H16S2. The van der Waals surface area contributed by atoms with Gasteiger partial charge in [0.15, 0.2) is 0 Å². The van der Waals surface area contributed by atoms with Crippen molar-refractivity contribution in [1.29, 1.82) is 0 Å². The Balaban J connectivity index is 1.82. The van der Waals surface area contributed by atoms with Gasteiger partial charge in [0.2, 0.25) is 0 Å². The second-order valence-corrected chi connectivity index (χ2v) is 6.10. The fourth-order valence-electron chi connectivity index (χ4n) is 1.56. The van der Waals surface area contributed by atoms with Gasteiger partial charge in [0.05, 0.1) is 0 Å². The second-order valence-electron chi connectivity index (χ2n) is 3.85. The van der Waals surface area contributed by atoms with Crippen molar-refractivity contribution in [3.05, 3.63) is 29.8 Å². The first-order chi connectivity index (χ1) is 6.84. The van der Waals surface area contributed by atoms with E-state index in [4.69, 9.17) is 0 Å². The van der Waals surface area contributed by atoms with Crippen LogP contribution in [0.15, 0.2) is 29.2 Å². The summed E-state index contributed by atoms with van der Waals surface area (Å²) in [5.74, 6) is 5.00. The quantitative estimate of drug-likeness (QED) is 0.715. The molecule has 2 rings (SSSR count). The third kappa shape index (κ3) is 2.96. The van der Waals surface area contributed by atoms with Crippen molar-refractivity contribution in [3.63, 3.8) is 0 Å².